The highest BCUT2D eigenvalue weighted by molar-refractivity contribution is 8.27. The molecule has 2 aliphatic heterocycles. The van der Waals surface area contributed by atoms with Gasteiger partial charge in [-0.25, -0.2) is 9.97 Å². The first kappa shape index (κ1) is 99.9. The summed E-state index contributed by atoms with van der Waals surface area (Å²) in [7, 11) is 0. The highest BCUT2D eigenvalue weighted by Crippen LogP contribution is 2.70. The van der Waals surface area contributed by atoms with Crippen LogP contribution in [0.25, 0.3) is 63.6 Å². The van der Waals surface area contributed by atoms with Crippen molar-refractivity contribution in [2.24, 2.45) is 0 Å². The Kier molecular flexibility index (Phi) is 37.6. The maximum Gasteiger partial charge on any atom is 0.266 e. The maximum atomic E-state index is 14.0. The number of likely N-dealkylation sites (N-methyl/N-ethyl adjacent to an activating group) is 2. The van der Waals surface area contributed by atoms with Crippen LogP contribution in [0.15, 0.2) is 131 Å². The first-order valence-electron chi connectivity index (χ1n) is 49.7. The Bertz CT molecular complexity index is 5000. The maximum absolute atomic E-state index is 14.0. The Morgan fingerprint density at radius 1 is 0.318 bits per heavy atom. The van der Waals surface area contributed by atoms with Crippen LogP contribution in [-0.2, 0) is 20.4 Å². The van der Waals surface area contributed by atoms with Gasteiger partial charge >= 0.3 is 0 Å². The van der Waals surface area contributed by atoms with Crippen molar-refractivity contribution in [3.63, 3.8) is 0 Å². The number of fused-ring (bicyclic) bond motifs is 9. The molecule has 6 aromatic carbocycles. The van der Waals surface area contributed by atoms with Gasteiger partial charge in [-0.2, -0.15) is 0 Å². The van der Waals surface area contributed by atoms with E-state index in [-0.39, 0.29) is 11.8 Å². The summed E-state index contributed by atoms with van der Waals surface area (Å²) in [6, 6.07) is 41.2. The molecule has 0 bridgehead atoms. The predicted molar refractivity (Wildman–Crippen MR) is 565 cm³/mol. The number of unbranched alkanes of at least 4 members (excludes halogenated alkanes) is 24. The Morgan fingerprint density at radius 2 is 0.568 bits per heavy atom. The van der Waals surface area contributed by atoms with Gasteiger partial charge in [-0.3, -0.25) is 19.4 Å². The van der Waals surface area contributed by atoms with Gasteiger partial charge in [-0.05, 0) is 183 Å². The number of rotatable bonds is 58. The number of thiocarbonyl (C=S) groups is 2. The number of hydrogen-bond donors (Lipinski definition) is 0. The standard InChI is InChI=1S/C110H136N4O10S8/c1-11-21-29-37-49-117-81-59-77(60-82(67-81)118-50-38-30-22-12-2)109(78-61-83(119-51-39-31-23-13-3)68-84(62-78)120-52-40-32-24-14-4)93-57-75(103-111-73-89(127-103)71-95-105(115)113(19-9)107(125)129-95)45-47-91(93)99-97(109)101-102(131-99)98-100(132-101)92-48-46-76(104-112-74-90(128-104)72-96-106(116)114(20-10)108(126)130-96)58-94(92)110(98,79-63-85(121-53-41-33-25-15-5)69-86(64-79)122-54-42-34-26-16-6)80-65-87(123-55-43-35-27-17-7)70-88(66-80)124-56-44-36-28-18-8/h45-48,57-74H,11-44,49-56H2,1-10H3/b95-71+,96-72+. The van der Waals surface area contributed by atoms with Crippen LogP contribution in [-0.4, -0.2) is 106 Å². The summed E-state index contributed by atoms with van der Waals surface area (Å²) in [5.41, 5.74) is 10.1. The molecule has 4 aromatic heterocycles. The number of thiophene rings is 2. The van der Waals surface area contributed by atoms with Crippen molar-refractivity contribution >= 4 is 135 Å². The smallest absolute Gasteiger partial charge is 0.266 e. The number of carbonyl (C=O) groups is 2. The van der Waals surface area contributed by atoms with Gasteiger partial charge in [0.05, 0.1) is 82.9 Å². The van der Waals surface area contributed by atoms with E-state index in [0.29, 0.717) is 84.4 Å². The van der Waals surface area contributed by atoms with Crippen LogP contribution in [0.3, 0.4) is 0 Å². The molecule has 2 amide bonds. The van der Waals surface area contributed by atoms with Gasteiger partial charge in [0.15, 0.2) is 0 Å². The van der Waals surface area contributed by atoms with Crippen LogP contribution < -0.4 is 37.9 Å². The van der Waals surface area contributed by atoms with Gasteiger partial charge < -0.3 is 37.9 Å². The highest BCUT2D eigenvalue weighted by atomic mass is 32.2. The minimum Gasteiger partial charge on any atom is -0.493 e. The molecule has 0 unspecified atom stereocenters. The van der Waals surface area contributed by atoms with Crippen molar-refractivity contribution in [1.29, 1.82) is 0 Å². The van der Waals surface area contributed by atoms with Gasteiger partial charge in [-0.15, -0.1) is 45.3 Å². The minimum absolute atomic E-state index is 0.0855. The summed E-state index contributed by atoms with van der Waals surface area (Å²) in [5, 5.41) is 1.63. The average molecular weight is 1930 g/mol. The van der Waals surface area contributed by atoms with E-state index < -0.39 is 10.8 Å². The zero-order valence-electron chi connectivity index (χ0n) is 79.5. The molecule has 22 heteroatoms. The second-order valence-corrected chi connectivity index (χ2v) is 42.8. The summed E-state index contributed by atoms with van der Waals surface area (Å²) in [5.74, 6) is 5.75. The van der Waals surface area contributed by atoms with Gasteiger partial charge in [0, 0.05) is 91.5 Å². The van der Waals surface area contributed by atoms with Crippen LogP contribution in [0.2, 0.25) is 0 Å². The molecule has 14 rings (SSSR count). The molecule has 704 valence electrons. The normalized spacial score (nSPS) is 14.8. The third kappa shape index (κ3) is 23.4. The van der Waals surface area contributed by atoms with E-state index in [9.17, 15) is 9.59 Å². The molecule has 10 aromatic rings. The molecule has 0 N–H and O–H groups in total. The zero-order chi connectivity index (χ0) is 92.4. The first-order valence-corrected chi connectivity index (χ1v) is 55.4. The van der Waals surface area contributed by atoms with Crippen LogP contribution in [0, 0.1) is 0 Å². The Labute approximate surface area is 821 Å². The molecule has 0 saturated carbocycles. The molecule has 0 atom stereocenters. The fourth-order valence-electron chi connectivity index (χ4n) is 18.5. The molecule has 4 aliphatic rings. The van der Waals surface area contributed by atoms with Crippen LogP contribution in [0.4, 0.5) is 0 Å². The number of amides is 2. The van der Waals surface area contributed by atoms with E-state index in [1.54, 1.807) is 32.5 Å². The van der Waals surface area contributed by atoms with Crippen molar-refractivity contribution in [1.82, 2.24) is 19.8 Å². The van der Waals surface area contributed by atoms with Crippen LogP contribution in [0.1, 0.15) is 329 Å². The summed E-state index contributed by atoms with van der Waals surface area (Å²) < 4.78 is 61.2. The fraction of sp³-hybridized carbons (Fsp3) is 0.491. The highest BCUT2D eigenvalue weighted by Gasteiger charge is 2.55. The van der Waals surface area contributed by atoms with Crippen molar-refractivity contribution in [2.75, 3.05) is 65.9 Å². The molecule has 0 spiro atoms. The number of ether oxygens (including phenoxy) is 8. The lowest BCUT2D eigenvalue weighted by atomic mass is 9.66. The van der Waals surface area contributed by atoms with Crippen LogP contribution >= 0.6 is 93.3 Å². The second kappa shape index (κ2) is 49.6. The molecular weight excluding hydrogens is 1790 g/mol. The van der Waals surface area contributed by atoms with Gasteiger partial charge in [0.1, 0.15) is 64.7 Å². The van der Waals surface area contributed by atoms with E-state index in [1.807, 2.05) is 61.1 Å². The lowest BCUT2D eigenvalue weighted by molar-refractivity contribution is -0.122. The largest absolute Gasteiger partial charge is 0.493 e. The average Bonchev–Trinajstić information content (AvgIpc) is 1.48. The summed E-state index contributed by atoms with van der Waals surface area (Å²) in [4.78, 5) is 47.0. The number of aromatic nitrogens is 2. The van der Waals surface area contributed by atoms with E-state index >= 15 is 0 Å². The van der Waals surface area contributed by atoms with E-state index in [2.05, 4.69) is 165 Å². The van der Waals surface area contributed by atoms with E-state index in [4.69, 9.17) is 72.3 Å². The minimum atomic E-state index is -1.18. The number of carbonyl (C=O) groups excluding carboxylic acids is 2. The molecule has 2 aliphatic carbocycles. The number of thiazole rings is 2. The molecular formula is C110H136N4O10S8. The molecule has 132 heavy (non-hydrogen) atoms. The molecule has 14 nitrogen and oxygen atoms in total. The topological polar surface area (TPSA) is 140 Å². The van der Waals surface area contributed by atoms with Crippen molar-refractivity contribution in [3.8, 4) is 88.0 Å². The molecule has 0 radical (unpaired) electrons. The van der Waals surface area contributed by atoms with Gasteiger partial charge in [0.25, 0.3) is 11.8 Å². The van der Waals surface area contributed by atoms with Crippen molar-refractivity contribution in [3.05, 3.63) is 186 Å². The van der Waals surface area contributed by atoms with Crippen molar-refractivity contribution < 1.29 is 47.5 Å². The Balaban J connectivity index is 1.12. The number of hydrogen-bond acceptors (Lipinski definition) is 20. The van der Waals surface area contributed by atoms with Gasteiger partial charge in [0.2, 0.25) is 0 Å². The lowest BCUT2D eigenvalue weighted by Crippen LogP contribution is -2.29. The second-order valence-electron chi connectivity index (χ2n) is 35.3. The lowest BCUT2D eigenvalue weighted by Gasteiger charge is -2.35. The summed E-state index contributed by atoms with van der Waals surface area (Å²) in [6.45, 7) is 27.3. The molecule has 2 fully saturated rings. The van der Waals surface area contributed by atoms with Gasteiger partial charge in [-0.1, -0.05) is 282 Å². The number of thioether (sulfide) groups is 2. The Hall–Kier alpha value is -8.06. The zero-order valence-corrected chi connectivity index (χ0v) is 86.1. The third-order valence-corrected chi connectivity index (χ3v) is 32.8. The molecule has 6 heterocycles. The first-order chi connectivity index (χ1) is 64.7. The van der Waals surface area contributed by atoms with E-state index in [1.165, 1.54) is 23.5 Å². The Morgan fingerprint density at radius 3 is 0.795 bits per heavy atom. The SMILES string of the molecule is CCCCCCOc1cc(OCCCCCC)cc(C2(c3cc(OCCCCCC)cc(OCCCCCC)c3)c3cc(-c4ncc(/C=C5/SC(=S)N(CC)C5=O)s4)ccc3-c3sc4c5c(sc4c32)-c2ccc(-c3ncc(/C=C4/SC(=S)N(CC)C4=O)s3)cc2C5(c2cc(OCCCCCC)cc(OCCCCCC)c2)c2cc(OCCCCCC)cc(OCCCCCC)c2)c1. The molecule has 2 saturated heterocycles. The number of benzene rings is 6. The van der Waals surface area contributed by atoms with Crippen molar-refractivity contribution in [2.45, 2.75) is 286 Å². The quantitative estimate of drug-likeness (QED) is 0.0203. The predicted octanol–water partition coefficient (Wildman–Crippen LogP) is 32.1. The third-order valence-electron chi connectivity index (χ3n) is 25.5. The van der Waals surface area contributed by atoms with E-state index in [0.717, 1.165) is 357 Å². The monoisotopic (exact) mass is 1930 g/mol. The van der Waals surface area contributed by atoms with Crippen LogP contribution in [0.5, 0.6) is 46.0 Å². The summed E-state index contributed by atoms with van der Waals surface area (Å²) in [6.07, 6.45) is 41.2. The summed E-state index contributed by atoms with van der Waals surface area (Å²) >= 11 is 21.1. The number of nitrogens with zero attached hydrogens (tertiary/aromatic N) is 4. The fourth-order valence-corrected chi connectivity index (χ4v) is 26.3.